The van der Waals surface area contributed by atoms with Crippen molar-refractivity contribution in [1.82, 2.24) is 0 Å². The Morgan fingerprint density at radius 1 is 0.593 bits per heavy atom. The van der Waals surface area contributed by atoms with Crippen molar-refractivity contribution in [2.24, 2.45) is 0 Å². The Balaban J connectivity index is -0.0000000365. The van der Waals surface area contributed by atoms with Gasteiger partial charge in [0.05, 0.1) is 7.85 Å². The second-order valence-electron chi connectivity index (χ2n) is 5.29. The molecule has 0 aromatic carbocycles. The van der Waals surface area contributed by atoms with Crippen LogP contribution in [0.25, 0.3) is 0 Å². The Kier molecular flexibility index (Phi) is 68.8. The maximum absolute atomic E-state index is 7.50. The standard InChI is InChI=1S/2C6H7.C4H9B.4CO.2Mn/c2*1-6-4-2-3-5-6;1-4(2,3)5;4*1-2;;/h2*2-5H,1H3;1-3H3;;;;;;. The van der Waals surface area contributed by atoms with Crippen molar-refractivity contribution in [3.8, 4) is 0 Å². The second kappa shape index (κ2) is 40.7. The summed E-state index contributed by atoms with van der Waals surface area (Å²) in [6, 6.07) is 0. The van der Waals surface area contributed by atoms with Gasteiger partial charge in [-0.05, 0) is 63.2 Å². The Labute approximate surface area is 190 Å². The summed E-state index contributed by atoms with van der Waals surface area (Å²) in [7, 11) is 5.35. The molecule has 0 spiro atoms. The maximum Gasteiger partial charge on any atom is 0 e. The van der Waals surface area contributed by atoms with Gasteiger partial charge in [0.25, 0.3) is 0 Å². The van der Waals surface area contributed by atoms with Gasteiger partial charge in [-0.2, -0.15) is 0 Å². The molecule has 2 saturated carbocycles. The van der Waals surface area contributed by atoms with Gasteiger partial charge in [-0.25, -0.2) is 0 Å². The normalized spacial score (nSPS) is 13.8. The van der Waals surface area contributed by atoms with Crippen LogP contribution in [-0.2, 0) is 52.7 Å². The predicted molar refractivity (Wildman–Crippen MR) is 93.4 cm³/mol. The summed E-state index contributed by atoms with van der Waals surface area (Å²) >= 11 is 0. The van der Waals surface area contributed by atoms with Crippen LogP contribution in [0.1, 0.15) is 34.6 Å². The molecule has 0 aromatic heterocycles. The Morgan fingerprint density at radius 3 is 0.741 bits per heavy atom. The smallest absolute Gasteiger partial charge is 0 e. The molecule has 0 saturated heterocycles. The van der Waals surface area contributed by atoms with E-state index >= 15 is 0 Å². The fraction of sp³-hybridized carbons (Fsp3) is 0.300. The molecule has 0 amide bonds. The Bertz CT molecular complexity index is 267. The SMILES string of the molecule is C[C]1[CH][CH][CH][CH]1.C[C]1[CH][CH][CH][CH]1.[B]C(C)(C)C.[C-]#[O+].[C-]#[O+].[C-]#[O+].[C-]#[O+].[Mn].[Mn]. The van der Waals surface area contributed by atoms with Crippen molar-refractivity contribution in [3.63, 3.8) is 0 Å². The fourth-order valence-corrected chi connectivity index (χ4v) is 0.940. The molecule has 0 atom stereocenters. The molecule has 7 heteroatoms. The average molecular weight is 448 g/mol. The van der Waals surface area contributed by atoms with E-state index < -0.39 is 0 Å². The molecule has 0 aliphatic heterocycles. The van der Waals surface area contributed by atoms with E-state index in [-0.39, 0.29) is 39.5 Å². The second-order valence-corrected chi connectivity index (χ2v) is 5.29. The molecule has 144 valence electrons. The van der Waals surface area contributed by atoms with E-state index in [4.69, 9.17) is 26.5 Å². The summed E-state index contributed by atoms with van der Waals surface area (Å²) in [6.45, 7) is 28.1. The van der Waals surface area contributed by atoms with Crippen LogP contribution in [0.4, 0.5) is 0 Å². The number of rotatable bonds is 0. The van der Waals surface area contributed by atoms with Gasteiger partial charge in [0.15, 0.2) is 0 Å². The van der Waals surface area contributed by atoms with Crippen molar-refractivity contribution in [3.05, 3.63) is 89.8 Å². The third-order valence-corrected chi connectivity index (χ3v) is 1.66. The van der Waals surface area contributed by atoms with Crippen LogP contribution in [0.3, 0.4) is 0 Å². The zero-order chi connectivity index (χ0) is 21.3. The zero-order valence-corrected chi connectivity index (χ0v) is 18.4. The minimum absolute atomic E-state index is 0. The first-order valence-corrected chi connectivity index (χ1v) is 6.76. The van der Waals surface area contributed by atoms with Crippen LogP contribution in [0.5, 0.6) is 0 Å². The molecule has 2 fully saturated rings. The Hall–Kier alpha value is 0.0639. The minimum Gasteiger partial charge on any atom is 0 e. The van der Waals surface area contributed by atoms with Gasteiger partial charge in [0, 0.05) is 34.1 Å². The van der Waals surface area contributed by atoms with Crippen molar-refractivity contribution in [1.29, 1.82) is 0 Å². The molecular weight excluding hydrogens is 425 g/mol. The minimum atomic E-state index is 0. The summed E-state index contributed by atoms with van der Waals surface area (Å²) in [5.74, 6) is 2.69. The van der Waals surface area contributed by atoms with E-state index in [1.54, 1.807) is 0 Å². The van der Waals surface area contributed by atoms with Gasteiger partial charge in [-0.3, -0.25) is 0 Å². The van der Waals surface area contributed by atoms with Crippen LogP contribution >= 0.6 is 0 Å². The molecule has 0 aromatic rings. The molecule has 0 bridgehead atoms. The van der Waals surface area contributed by atoms with Gasteiger partial charge in [-0.1, -0.05) is 39.9 Å². The van der Waals surface area contributed by atoms with Crippen LogP contribution in [-0.4, -0.2) is 7.85 Å². The van der Waals surface area contributed by atoms with Gasteiger partial charge in [0.2, 0.25) is 0 Å². The van der Waals surface area contributed by atoms with Crippen LogP contribution in [0.15, 0.2) is 0 Å². The van der Waals surface area contributed by atoms with E-state index in [0.29, 0.717) is 0 Å². The molecule has 14 radical (unpaired) electrons. The first kappa shape index (κ1) is 45.7. The van der Waals surface area contributed by atoms with Crippen molar-refractivity contribution in [2.75, 3.05) is 0 Å². The van der Waals surface area contributed by atoms with E-state index in [2.05, 4.69) is 66.1 Å². The third-order valence-electron chi connectivity index (χ3n) is 1.66. The molecule has 2 aliphatic rings. The first-order valence-electron chi connectivity index (χ1n) is 6.76. The summed E-state index contributed by atoms with van der Waals surface area (Å²) in [5.41, 5.74) is 0. The molecule has 0 N–H and O–H groups in total. The molecular formula is C20H23BMn2O4. The first-order chi connectivity index (χ1) is 11.8. The summed E-state index contributed by atoms with van der Waals surface area (Å²) < 4.78 is 30.0. The molecule has 27 heavy (non-hydrogen) atoms. The van der Waals surface area contributed by atoms with E-state index in [9.17, 15) is 0 Å². The Morgan fingerprint density at radius 2 is 0.704 bits per heavy atom. The largest absolute Gasteiger partial charge is 0 e. The van der Waals surface area contributed by atoms with Gasteiger partial charge in [-0.15, -0.1) is 0 Å². The summed E-state index contributed by atoms with van der Waals surface area (Å²) in [6.07, 6.45) is 16.5. The van der Waals surface area contributed by atoms with E-state index in [0.717, 1.165) is 0 Å². The summed E-state index contributed by atoms with van der Waals surface area (Å²) in [4.78, 5) is 0. The predicted octanol–water partition coefficient (Wildman–Crippen LogP) is 4.04. The third kappa shape index (κ3) is 76.3. The van der Waals surface area contributed by atoms with E-state index in [1.807, 2.05) is 46.5 Å². The summed E-state index contributed by atoms with van der Waals surface area (Å²) in [5, 5.41) is 0. The molecule has 2 rings (SSSR count). The van der Waals surface area contributed by atoms with Crippen LogP contribution in [0.2, 0.25) is 5.31 Å². The van der Waals surface area contributed by atoms with Crippen LogP contribution < -0.4 is 0 Å². The quantitative estimate of drug-likeness (QED) is 0.305. The van der Waals surface area contributed by atoms with Gasteiger partial charge >= 0.3 is 45.2 Å². The molecule has 4 nitrogen and oxygen atoms in total. The number of hydrogen-bond acceptors (Lipinski definition) is 0. The maximum atomic E-state index is 7.50. The molecule has 2 aliphatic carbocycles. The molecule has 0 heterocycles. The van der Waals surface area contributed by atoms with Crippen molar-refractivity contribution < 1.29 is 52.7 Å². The van der Waals surface area contributed by atoms with Crippen molar-refractivity contribution in [2.45, 2.75) is 39.9 Å². The van der Waals surface area contributed by atoms with Crippen LogP contribution in [0, 0.1) is 89.8 Å². The van der Waals surface area contributed by atoms with Gasteiger partial charge in [0.1, 0.15) is 0 Å². The monoisotopic (exact) mass is 448 g/mol. The van der Waals surface area contributed by atoms with Gasteiger partial charge < -0.3 is 0 Å². The fourth-order valence-electron chi connectivity index (χ4n) is 0.940. The zero-order valence-electron chi connectivity index (χ0n) is 16.1. The number of hydrogen-bond donors (Lipinski definition) is 0. The van der Waals surface area contributed by atoms with E-state index in [1.165, 1.54) is 11.8 Å². The molecule has 0 unspecified atom stereocenters. The average Bonchev–Trinajstić information content (AvgIpc) is 3.28. The van der Waals surface area contributed by atoms with Crippen molar-refractivity contribution >= 4 is 7.85 Å². The topological polar surface area (TPSA) is 79.6 Å².